The first-order chi connectivity index (χ1) is 12.9. The van der Waals surface area contributed by atoms with Gasteiger partial charge in [0, 0.05) is 26.2 Å². The van der Waals surface area contributed by atoms with E-state index in [1.165, 1.54) is 10.9 Å². The number of anilines is 1. The fourth-order valence-corrected chi connectivity index (χ4v) is 4.20. The summed E-state index contributed by atoms with van der Waals surface area (Å²) in [6.07, 6.45) is 1.02. The Kier molecular flexibility index (Phi) is 5.75. The maximum Gasteiger partial charge on any atom is 0.251 e. The van der Waals surface area contributed by atoms with Crippen LogP contribution in [-0.4, -0.2) is 30.0 Å². The Bertz CT molecular complexity index is 947. The molecule has 1 N–H and O–H groups in total. The van der Waals surface area contributed by atoms with Crippen LogP contribution >= 0.6 is 11.3 Å². The Balaban J connectivity index is 1.91. The fraction of sp³-hybridized carbons (Fsp3) is 0.381. The number of aryl methyl sites for hydroxylation is 1. The van der Waals surface area contributed by atoms with Crippen LogP contribution in [0.15, 0.2) is 29.6 Å². The molecular formula is C21H26N4OS. The molecular weight excluding hydrogens is 356 g/mol. The van der Waals surface area contributed by atoms with Crippen LogP contribution in [-0.2, 0) is 13.0 Å². The van der Waals surface area contributed by atoms with Gasteiger partial charge in [0.15, 0.2) is 0 Å². The van der Waals surface area contributed by atoms with Gasteiger partial charge in [0.05, 0.1) is 5.39 Å². The highest BCUT2D eigenvalue weighted by Crippen LogP contribution is 2.33. The number of nitrogens with zero attached hydrogens (tertiary/aromatic N) is 3. The van der Waals surface area contributed by atoms with Crippen molar-refractivity contribution in [1.82, 2.24) is 15.3 Å². The van der Waals surface area contributed by atoms with Crippen LogP contribution in [0.2, 0.25) is 0 Å². The molecule has 0 saturated carbocycles. The molecule has 0 atom stereocenters. The number of carbonyl (C=O) groups excluding carboxylic acids is 1. The molecule has 0 aliphatic carbocycles. The molecule has 2 heterocycles. The van der Waals surface area contributed by atoms with E-state index in [1.807, 2.05) is 31.2 Å². The molecule has 0 unspecified atom stereocenters. The molecule has 0 fully saturated rings. The second-order valence-corrected chi connectivity index (χ2v) is 8.12. The Hall–Kier alpha value is -2.47. The number of hydrogen-bond acceptors (Lipinski definition) is 5. The van der Waals surface area contributed by atoms with Crippen molar-refractivity contribution in [3.63, 3.8) is 0 Å². The third-order valence-electron chi connectivity index (χ3n) is 4.46. The highest BCUT2D eigenvalue weighted by Gasteiger charge is 2.17. The minimum absolute atomic E-state index is 0.0698. The number of carbonyl (C=O) groups is 1. The van der Waals surface area contributed by atoms with Crippen molar-refractivity contribution in [1.29, 1.82) is 0 Å². The van der Waals surface area contributed by atoms with E-state index in [4.69, 9.17) is 4.98 Å². The Morgan fingerprint density at radius 1 is 1.22 bits per heavy atom. The molecule has 3 rings (SSSR count). The number of thiophene rings is 1. The zero-order valence-electron chi connectivity index (χ0n) is 16.5. The molecule has 5 nitrogen and oxygen atoms in total. The summed E-state index contributed by atoms with van der Waals surface area (Å²) < 4.78 is 0. The second kappa shape index (κ2) is 8.05. The second-order valence-electron chi connectivity index (χ2n) is 7.27. The van der Waals surface area contributed by atoms with E-state index in [-0.39, 0.29) is 5.91 Å². The van der Waals surface area contributed by atoms with Gasteiger partial charge < -0.3 is 10.2 Å². The molecule has 1 amide bonds. The average molecular weight is 383 g/mol. The molecule has 6 heteroatoms. The van der Waals surface area contributed by atoms with Crippen LogP contribution in [0.3, 0.4) is 0 Å². The molecule has 2 aromatic heterocycles. The minimum Gasteiger partial charge on any atom is -0.355 e. The summed E-state index contributed by atoms with van der Waals surface area (Å²) >= 11 is 1.69. The molecule has 142 valence electrons. The van der Waals surface area contributed by atoms with Gasteiger partial charge in [0.2, 0.25) is 0 Å². The van der Waals surface area contributed by atoms with Crippen molar-refractivity contribution in [3.8, 4) is 0 Å². The van der Waals surface area contributed by atoms with Crippen LogP contribution in [0.25, 0.3) is 10.2 Å². The lowest BCUT2D eigenvalue weighted by Gasteiger charge is -2.20. The first kappa shape index (κ1) is 19.3. The lowest BCUT2D eigenvalue weighted by molar-refractivity contribution is 0.0963. The smallest absolute Gasteiger partial charge is 0.251 e. The van der Waals surface area contributed by atoms with E-state index in [2.05, 4.69) is 41.5 Å². The highest BCUT2D eigenvalue weighted by atomic mass is 32.1. The summed E-state index contributed by atoms with van der Waals surface area (Å²) in [7, 11) is 3.70. The van der Waals surface area contributed by atoms with Crippen molar-refractivity contribution >= 4 is 33.3 Å². The standard InChI is InChI=1S/C21H26N4OS/c1-13(2)10-17-12-27-21-18(17)19(23-14(3)24-21)25(5)11-15-6-8-16(9-7-15)20(26)22-4/h6-9,12-13H,10-11H2,1-5H3,(H,22,26). The van der Waals surface area contributed by atoms with Gasteiger partial charge in [-0.1, -0.05) is 26.0 Å². The van der Waals surface area contributed by atoms with Crippen LogP contribution in [0, 0.1) is 12.8 Å². The van der Waals surface area contributed by atoms with Gasteiger partial charge in [-0.3, -0.25) is 4.79 Å². The zero-order chi connectivity index (χ0) is 19.6. The van der Waals surface area contributed by atoms with E-state index < -0.39 is 0 Å². The van der Waals surface area contributed by atoms with E-state index in [0.29, 0.717) is 11.5 Å². The number of aromatic nitrogens is 2. The quantitative estimate of drug-likeness (QED) is 0.694. The van der Waals surface area contributed by atoms with Crippen LogP contribution < -0.4 is 10.2 Å². The molecule has 1 aromatic carbocycles. The molecule has 27 heavy (non-hydrogen) atoms. The Labute approximate surface area is 164 Å². The summed E-state index contributed by atoms with van der Waals surface area (Å²) in [6, 6.07) is 7.71. The summed E-state index contributed by atoms with van der Waals surface area (Å²) in [5.41, 5.74) is 3.12. The number of benzene rings is 1. The molecule has 0 aliphatic rings. The van der Waals surface area contributed by atoms with Gasteiger partial charge >= 0.3 is 0 Å². The van der Waals surface area contributed by atoms with Crippen molar-refractivity contribution in [3.05, 3.63) is 52.2 Å². The minimum atomic E-state index is -0.0698. The number of nitrogens with one attached hydrogen (secondary N) is 1. The van der Waals surface area contributed by atoms with E-state index in [9.17, 15) is 4.79 Å². The molecule has 0 radical (unpaired) electrons. The zero-order valence-corrected chi connectivity index (χ0v) is 17.4. The number of hydrogen-bond donors (Lipinski definition) is 1. The fourth-order valence-electron chi connectivity index (χ4n) is 3.21. The lowest BCUT2D eigenvalue weighted by Crippen LogP contribution is -2.20. The molecule has 0 saturated heterocycles. The first-order valence-electron chi connectivity index (χ1n) is 9.16. The summed E-state index contributed by atoms with van der Waals surface area (Å²) in [6.45, 7) is 7.12. The largest absolute Gasteiger partial charge is 0.355 e. The van der Waals surface area contributed by atoms with E-state index in [0.717, 1.165) is 35.0 Å². The summed E-state index contributed by atoms with van der Waals surface area (Å²) in [4.78, 5) is 24.3. The van der Waals surface area contributed by atoms with Crippen molar-refractivity contribution in [2.75, 3.05) is 19.0 Å². The van der Waals surface area contributed by atoms with Crippen molar-refractivity contribution in [2.45, 2.75) is 33.7 Å². The summed E-state index contributed by atoms with van der Waals surface area (Å²) in [5.74, 6) is 2.28. The maximum atomic E-state index is 11.7. The number of amides is 1. The van der Waals surface area contributed by atoms with Gasteiger partial charge in [-0.15, -0.1) is 11.3 Å². The molecule has 0 aliphatic heterocycles. The van der Waals surface area contributed by atoms with Gasteiger partial charge in [-0.25, -0.2) is 9.97 Å². The lowest BCUT2D eigenvalue weighted by atomic mass is 10.0. The van der Waals surface area contributed by atoms with Gasteiger partial charge in [0.1, 0.15) is 16.5 Å². The molecule has 0 bridgehead atoms. The highest BCUT2D eigenvalue weighted by molar-refractivity contribution is 7.17. The third-order valence-corrected chi connectivity index (χ3v) is 5.38. The first-order valence-corrected chi connectivity index (χ1v) is 10.0. The van der Waals surface area contributed by atoms with Crippen molar-refractivity contribution in [2.24, 2.45) is 5.92 Å². The molecule has 3 aromatic rings. The van der Waals surface area contributed by atoms with Crippen LogP contribution in [0.1, 0.15) is 41.2 Å². The predicted octanol–water partition coefficient (Wildman–Crippen LogP) is 4.19. The van der Waals surface area contributed by atoms with Crippen LogP contribution in [0.5, 0.6) is 0 Å². The van der Waals surface area contributed by atoms with Gasteiger partial charge in [0.25, 0.3) is 5.91 Å². The Morgan fingerprint density at radius 2 is 1.93 bits per heavy atom. The topological polar surface area (TPSA) is 58.1 Å². The van der Waals surface area contributed by atoms with Crippen molar-refractivity contribution < 1.29 is 4.79 Å². The van der Waals surface area contributed by atoms with Gasteiger partial charge in [-0.05, 0) is 47.9 Å². The summed E-state index contributed by atoms with van der Waals surface area (Å²) in [5, 5.41) is 6.03. The van der Waals surface area contributed by atoms with E-state index in [1.54, 1.807) is 18.4 Å². The maximum absolute atomic E-state index is 11.7. The van der Waals surface area contributed by atoms with E-state index >= 15 is 0 Å². The third kappa shape index (κ3) is 4.27. The van der Waals surface area contributed by atoms with Crippen LogP contribution in [0.4, 0.5) is 5.82 Å². The van der Waals surface area contributed by atoms with Gasteiger partial charge in [-0.2, -0.15) is 0 Å². The normalized spacial score (nSPS) is 11.2. The Morgan fingerprint density at radius 3 is 2.56 bits per heavy atom. The predicted molar refractivity (Wildman–Crippen MR) is 113 cm³/mol. The average Bonchev–Trinajstić information content (AvgIpc) is 3.02. The SMILES string of the molecule is CNC(=O)c1ccc(CN(C)c2nc(C)nc3scc(CC(C)C)c23)cc1. The number of rotatable bonds is 6. The molecule has 0 spiro atoms. The number of fused-ring (bicyclic) bond motifs is 1. The monoisotopic (exact) mass is 382 g/mol.